The molecule has 1 aromatic heterocycles. The molecule has 22 heavy (non-hydrogen) atoms. The molecule has 0 saturated heterocycles. The largest absolute Gasteiger partial charge is 0.546 e. The molecule has 1 unspecified atom stereocenters. The fraction of sp³-hybridized carbons (Fsp3) is 0.438. The molecule has 0 aliphatic carbocycles. The highest BCUT2D eigenvalue weighted by atomic mass is 28.3. The van der Waals surface area contributed by atoms with Gasteiger partial charge in [0.05, 0.1) is 5.97 Å². The van der Waals surface area contributed by atoms with Crippen LogP contribution in [-0.2, 0) is 4.79 Å². The summed E-state index contributed by atoms with van der Waals surface area (Å²) in [4.78, 5) is 11.5. The normalized spacial score (nSPS) is 14.1. The van der Waals surface area contributed by atoms with Gasteiger partial charge in [-0.2, -0.15) is 0 Å². The number of rotatable bonds is 5. The summed E-state index contributed by atoms with van der Waals surface area (Å²) in [5.41, 5.74) is 0.248. The van der Waals surface area contributed by atoms with Gasteiger partial charge >= 0.3 is 0 Å². The van der Waals surface area contributed by atoms with E-state index in [1.54, 1.807) is 0 Å². The van der Waals surface area contributed by atoms with Gasteiger partial charge in [-0.3, -0.25) is 0 Å². The highest BCUT2D eigenvalue weighted by molar-refractivity contribution is 6.80. The average Bonchev–Trinajstić information content (AvgIpc) is 2.73. The molecule has 2 rings (SSSR count). The monoisotopic (exact) mass is 334 g/mol. The van der Waals surface area contributed by atoms with E-state index in [9.17, 15) is 9.90 Å². The van der Waals surface area contributed by atoms with E-state index in [-0.39, 0.29) is 0 Å². The lowest BCUT2D eigenvalue weighted by Gasteiger charge is -2.30. The van der Waals surface area contributed by atoms with E-state index in [0.29, 0.717) is 5.75 Å². The van der Waals surface area contributed by atoms with Crippen LogP contribution in [0.3, 0.4) is 0 Å². The number of benzene rings is 1. The Morgan fingerprint density at radius 2 is 1.73 bits per heavy atom. The topological polar surface area (TPSA) is 54.3 Å². The van der Waals surface area contributed by atoms with Crippen molar-refractivity contribution in [2.45, 2.75) is 45.0 Å². The maximum absolute atomic E-state index is 11.5. The predicted octanol–water partition coefficient (Wildman–Crippen LogP) is 2.70. The summed E-state index contributed by atoms with van der Waals surface area (Å²) in [5, 5.41) is 12.5. The Morgan fingerprint density at radius 3 is 2.23 bits per heavy atom. The molecule has 0 aliphatic rings. The third-order valence-electron chi connectivity index (χ3n) is 3.64. The van der Waals surface area contributed by atoms with E-state index < -0.39 is 28.0 Å². The molecular formula is C16H24NO3Si2-. The van der Waals surface area contributed by atoms with Crippen molar-refractivity contribution in [3.8, 4) is 5.75 Å². The van der Waals surface area contributed by atoms with Crippen LogP contribution in [0.25, 0.3) is 10.9 Å². The third-order valence-corrected chi connectivity index (χ3v) is 7.39. The molecule has 0 saturated carbocycles. The molecule has 120 valence electrons. The van der Waals surface area contributed by atoms with Crippen LogP contribution in [0.2, 0.25) is 39.3 Å². The Hall–Kier alpha value is -1.54. The van der Waals surface area contributed by atoms with E-state index >= 15 is 0 Å². The Labute approximate surface area is 133 Å². The summed E-state index contributed by atoms with van der Waals surface area (Å²) in [6.07, 6.45) is 1.97. The number of carbonyl (C=O) groups is 1. The van der Waals surface area contributed by atoms with Gasteiger partial charge < -0.3 is 18.9 Å². The van der Waals surface area contributed by atoms with E-state index in [1.165, 1.54) is 0 Å². The summed E-state index contributed by atoms with van der Waals surface area (Å²) in [5.74, 6) is -0.473. The molecule has 0 aliphatic heterocycles. The van der Waals surface area contributed by atoms with Gasteiger partial charge in [0.2, 0.25) is 0 Å². The second-order valence-electron chi connectivity index (χ2n) is 7.73. The summed E-state index contributed by atoms with van der Waals surface area (Å²) >= 11 is 0. The summed E-state index contributed by atoms with van der Waals surface area (Å²) < 4.78 is 8.19. The SMILES string of the molecule is C[Si](C)(C)C(Oc1cn([Si](C)(C)C)c2ccccc12)C(=O)[O-]. The second kappa shape index (κ2) is 5.59. The Balaban J connectivity index is 2.55. The van der Waals surface area contributed by atoms with Gasteiger partial charge in [0.1, 0.15) is 19.6 Å². The Kier molecular flexibility index (Phi) is 4.27. The fourth-order valence-electron chi connectivity index (χ4n) is 2.50. The minimum absolute atomic E-state index is 0.648. The summed E-state index contributed by atoms with van der Waals surface area (Å²) in [6, 6.07) is 7.99. The molecule has 1 aromatic carbocycles. The van der Waals surface area contributed by atoms with Gasteiger partial charge in [-0.25, -0.2) is 0 Å². The van der Waals surface area contributed by atoms with Gasteiger partial charge in [0.15, 0.2) is 8.24 Å². The number of hydrogen-bond acceptors (Lipinski definition) is 3. The average molecular weight is 335 g/mol. The lowest BCUT2D eigenvalue weighted by molar-refractivity contribution is -0.310. The van der Waals surface area contributed by atoms with E-state index in [2.05, 4.69) is 29.9 Å². The standard InChI is InChI=1S/C16H25NO3Si2/c1-21(2,3)16(15(18)19)20-14-11-17(22(4,5)6)13-10-8-7-9-12(13)14/h7-11,16H,1-6H3,(H,18,19)/p-1. The minimum atomic E-state index is -2.04. The van der Waals surface area contributed by atoms with Gasteiger partial charge in [0, 0.05) is 17.1 Å². The quantitative estimate of drug-likeness (QED) is 0.790. The maximum atomic E-state index is 11.5. The number of carbonyl (C=O) groups excluding carboxylic acids is 1. The number of carboxylic acid groups (broad SMARTS) is 1. The van der Waals surface area contributed by atoms with Crippen LogP contribution in [0.15, 0.2) is 30.5 Å². The molecule has 1 heterocycles. The van der Waals surface area contributed by atoms with Gasteiger partial charge in [-0.15, -0.1) is 0 Å². The zero-order chi connectivity index (χ0) is 16.7. The molecule has 0 N–H and O–H groups in total. The Morgan fingerprint density at radius 1 is 1.14 bits per heavy atom. The Bertz CT molecular complexity index is 695. The summed E-state index contributed by atoms with van der Waals surface area (Å²) in [6.45, 7) is 12.7. The molecule has 1 atom stereocenters. The predicted molar refractivity (Wildman–Crippen MR) is 93.5 cm³/mol. The van der Waals surface area contributed by atoms with Crippen molar-refractivity contribution in [2.75, 3.05) is 0 Å². The first-order valence-electron chi connectivity index (χ1n) is 7.50. The fourth-order valence-corrected chi connectivity index (χ4v) is 5.11. The number of aromatic nitrogens is 1. The number of hydrogen-bond donors (Lipinski definition) is 0. The highest BCUT2D eigenvalue weighted by Crippen LogP contribution is 2.32. The highest BCUT2D eigenvalue weighted by Gasteiger charge is 2.31. The number of ether oxygens (including phenoxy) is 1. The number of fused-ring (bicyclic) bond motifs is 1. The molecule has 4 nitrogen and oxygen atoms in total. The van der Waals surface area contributed by atoms with Crippen LogP contribution in [-0.4, -0.2) is 32.2 Å². The second-order valence-corrected chi connectivity index (χ2v) is 17.8. The van der Waals surface area contributed by atoms with Crippen LogP contribution in [0.5, 0.6) is 5.75 Å². The molecule has 0 bridgehead atoms. The molecule has 2 aromatic rings. The van der Waals surface area contributed by atoms with Gasteiger partial charge in [-0.05, 0) is 12.1 Å². The summed E-state index contributed by atoms with van der Waals surface area (Å²) in [7, 11) is -3.65. The zero-order valence-electron chi connectivity index (χ0n) is 14.1. The van der Waals surface area contributed by atoms with E-state index in [0.717, 1.165) is 10.9 Å². The molecule has 0 radical (unpaired) electrons. The molecule has 6 heteroatoms. The lowest BCUT2D eigenvalue weighted by Crippen LogP contribution is -2.54. The zero-order valence-corrected chi connectivity index (χ0v) is 16.1. The van der Waals surface area contributed by atoms with Crippen molar-refractivity contribution in [3.63, 3.8) is 0 Å². The van der Waals surface area contributed by atoms with Crippen LogP contribution in [0, 0.1) is 0 Å². The number of aliphatic carboxylic acids is 1. The van der Waals surface area contributed by atoms with Crippen LogP contribution >= 0.6 is 0 Å². The van der Waals surface area contributed by atoms with Crippen molar-refractivity contribution in [3.05, 3.63) is 30.5 Å². The van der Waals surface area contributed by atoms with Crippen LogP contribution in [0.1, 0.15) is 0 Å². The minimum Gasteiger partial charge on any atom is -0.546 e. The third kappa shape index (κ3) is 3.28. The first-order valence-corrected chi connectivity index (χ1v) is 14.5. The molecular weight excluding hydrogens is 310 g/mol. The molecule has 0 spiro atoms. The molecule has 0 fully saturated rings. The smallest absolute Gasteiger partial charge is 0.153 e. The van der Waals surface area contributed by atoms with Crippen molar-refractivity contribution in [1.29, 1.82) is 0 Å². The van der Waals surface area contributed by atoms with Crippen LogP contribution < -0.4 is 9.84 Å². The van der Waals surface area contributed by atoms with Crippen molar-refractivity contribution >= 4 is 33.2 Å². The van der Waals surface area contributed by atoms with Crippen molar-refractivity contribution < 1.29 is 14.6 Å². The van der Waals surface area contributed by atoms with E-state index in [1.807, 2.05) is 44.0 Å². The van der Waals surface area contributed by atoms with Crippen molar-refractivity contribution in [2.24, 2.45) is 0 Å². The molecule has 0 amide bonds. The number of carboxylic acids is 1. The number of nitrogens with zero attached hydrogens (tertiary/aromatic N) is 1. The van der Waals surface area contributed by atoms with Crippen molar-refractivity contribution in [1.82, 2.24) is 4.23 Å². The maximum Gasteiger partial charge on any atom is 0.153 e. The first kappa shape index (κ1) is 16.8. The van der Waals surface area contributed by atoms with Gasteiger partial charge in [0.25, 0.3) is 0 Å². The number of para-hydroxylation sites is 1. The van der Waals surface area contributed by atoms with E-state index in [4.69, 9.17) is 4.74 Å². The van der Waals surface area contributed by atoms with Crippen LogP contribution in [0.4, 0.5) is 0 Å². The van der Waals surface area contributed by atoms with Gasteiger partial charge in [-0.1, -0.05) is 51.4 Å². The lowest BCUT2D eigenvalue weighted by atomic mass is 10.2. The first-order chi connectivity index (χ1) is 10.0.